The maximum Gasteiger partial charge on any atom is 0.319 e. The van der Waals surface area contributed by atoms with Crippen molar-refractivity contribution in [3.8, 4) is 0 Å². The molecule has 2 N–H and O–H groups in total. The van der Waals surface area contributed by atoms with Crippen molar-refractivity contribution >= 4 is 17.4 Å². The average Bonchev–Trinajstić information content (AvgIpc) is 2.68. The summed E-state index contributed by atoms with van der Waals surface area (Å²) >= 11 is 0. The van der Waals surface area contributed by atoms with E-state index < -0.39 is 0 Å². The van der Waals surface area contributed by atoms with Crippen LogP contribution >= 0.6 is 0 Å². The molecule has 0 bridgehead atoms. The molecule has 0 saturated carbocycles. The van der Waals surface area contributed by atoms with Crippen LogP contribution in [0.1, 0.15) is 30.9 Å². The van der Waals surface area contributed by atoms with Gasteiger partial charge in [0.25, 0.3) is 0 Å². The third-order valence-electron chi connectivity index (χ3n) is 4.60. The van der Waals surface area contributed by atoms with Crippen LogP contribution in [0.2, 0.25) is 0 Å². The normalized spacial score (nSPS) is 14.3. The lowest BCUT2D eigenvalue weighted by atomic mass is 10.0. The number of morpholine rings is 1. The lowest BCUT2D eigenvalue weighted by Gasteiger charge is -2.28. The van der Waals surface area contributed by atoms with E-state index in [2.05, 4.69) is 53.6 Å². The second-order valence-corrected chi connectivity index (χ2v) is 6.85. The molecule has 2 aromatic carbocycles. The van der Waals surface area contributed by atoms with E-state index in [0.29, 0.717) is 12.5 Å². The molecular weight excluding hydrogens is 326 g/mol. The smallest absolute Gasteiger partial charge is 0.319 e. The van der Waals surface area contributed by atoms with Crippen molar-refractivity contribution < 1.29 is 9.53 Å². The number of ether oxygens (including phenoxy) is 1. The minimum Gasteiger partial charge on any atom is -0.378 e. The number of carbonyl (C=O) groups excluding carboxylic acids is 1. The third-order valence-corrected chi connectivity index (χ3v) is 4.60. The summed E-state index contributed by atoms with van der Waals surface area (Å²) in [6.07, 6.45) is 0. The van der Waals surface area contributed by atoms with Crippen LogP contribution in [0.5, 0.6) is 0 Å². The topological polar surface area (TPSA) is 53.6 Å². The van der Waals surface area contributed by atoms with Gasteiger partial charge in [0.05, 0.1) is 13.2 Å². The van der Waals surface area contributed by atoms with Crippen LogP contribution < -0.4 is 15.5 Å². The Morgan fingerprint density at radius 3 is 2.31 bits per heavy atom. The average molecular weight is 353 g/mol. The largest absolute Gasteiger partial charge is 0.378 e. The summed E-state index contributed by atoms with van der Waals surface area (Å²) in [7, 11) is 0. The van der Waals surface area contributed by atoms with E-state index in [1.165, 1.54) is 11.3 Å². The summed E-state index contributed by atoms with van der Waals surface area (Å²) in [6, 6.07) is 16.1. The Labute approximate surface area is 155 Å². The van der Waals surface area contributed by atoms with Crippen LogP contribution in [0.15, 0.2) is 48.5 Å². The molecule has 0 unspecified atom stereocenters. The van der Waals surface area contributed by atoms with Crippen molar-refractivity contribution in [2.24, 2.45) is 0 Å². The fourth-order valence-electron chi connectivity index (χ4n) is 2.96. The van der Waals surface area contributed by atoms with E-state index in [9.17, 15) is 4.79 Å². The van der Waals surface area contributed by atoms with Crippen molar-refractivity contribution in [1.82, 2.24) is 5.32 Å². The van der Waals surface area contributed by atoms with E-state index in [4.69, 9.17) is 4.74 Å². The molecule has 1 aliphatic rings. The maximum absolute atomic E-state index is 12.1. The maximum atomic E-state index is 12.1. The van der Waals surface area contributed by atoms with Gasteiger partial charge in [0, 0.05) is 31.0 Å². The molecular formula is C21H27N3O2. The van der Waals surface area contributed by atoms with Crippen LogP contribution in [0.3, 0.4) is 0 Å². The Hall–Kier alpha value is -2.53. The molecule has 1 saturated heterocycles. The van der Waals surface area contributed by atoms with Gasteiger partial charge in [-0.3, -0.25) is 0 Å². The molecule has 1 heterocycles. The predicted molar refractivity (Wildman–Crippen MR) is 106 cm³/mol. The van der Waals surface area contributed by atoms with Crippen LogP contribution in [-0.2, 0) is 11.3 Å². The monoisotopic (exact) mass is 353 g/mol. The highest BCUT2D eigenvalue weighted by Gasteiger charge is 2.11. The molecule has 138 valence electrons. The van der Waals surface area contributed by atoms with Crippen molar-refractivity contribution in [1.29, 1.82) is 0 Å². The van der Waals surface area contributed by atoms with Crippen LogP contribution in [-0.4, -0.2) is 32.3 Å². The number of anilines is 2. The Morgan fingerprint density at radius 1 is 1.04 bits per heavy atom. The van der Waals surface area contributed by atoms with Gasteiger partial charge in [-0.25, -0.2) is 4.79 Å². The molecule has 2 aromatic rings. The Balaban J connectivity index is 1.48. The Kier molecular flexibility index (Phi) is 6.12. The van der Waals surface area contributed by atoms with Crippen molar-refractivity contribution in [2.45, 2.75) is 26.3 Å². The molecule has 2 amide bonds. The fraction of sp³-hybridized carbons (Fsp3) is 0.381. The number of carbonyl (C=O) groups is 1. The summed E-state index contributed by atoms with van der Waals surface area (Å²) < 4.78 is 5.38. The highest BCUT2D eigenvalue weighted by molar-refractivity contribution is 5.89. The van der Waals surface area contributed by atoms with Gasteiger partial charge >= 0.3 is 6.03 Å². The fourth-order valence-corrected chi connectivity index (χ4v) is 2.96. The van der Waals surface area contributed by atoms with Gasteiger partial charge in [-0.15, -0.1) is 0 Å². The van der Waals surface area contributed by atoms with Gasteiger partial charge in [0.1, 0.15) is 0 Å². The van der Waals surface area contributed by atoms with Gasteiger partial charge in [-0.1, -0.05) is 38.1 Å². The number of urea groups is 1. The highest BCUT2D eigenvalue weighted by Crippen LogP contribution is 2.18. The molecule has 1 fully saturated rings. The first-order valence-electron chi connectivity index (χ1n) is 9.18. The second kappa shape index (κ2) is 8.72. The molecule has 0 atom stereocenters. The van der Waals surface area contributed by atoms with Gasteiger partial charge in [-0.05, 0) is 41.3 Å². The zero-order chi connectivity index (χ0) is 18.4. The van der Waals surface area contributed by atoms with E-state index in [1.54, 1.807) is 0 Å². The lowest BCUT2D eigenvalue weighted by Crippen LogP contribution is -2.36. The summed E-state index contributed by atoms with van der Waals surface area (Å²) in [5.41, 5.74) is 4.34. The first-order chi connectivity index (χ1) is 12.6. The zero-order valence-electron chi connectivity index (χ0n) is 15.5. The number of hydrogen-bond acceptors (Lipinski definition) is 3. The minimum absolute atomic E-state index is 0.195. The third kappa shape index (κ3) is 4.99. The number of nitrogens with zero attached hydrogens (tertiary/aromatic N) is 1. The Bertz CT molecular complexity index is 705. The number of benzene rings is 2. The first-order valence-corrected chi connectivity index (χ1v) is 9.18. The SMILES string of the molecule is CC(C)c1ccc(NC(=O)NCc2ccc(N3CCOCC3)cc2)cc1. The summed E-state index contributed by atoms with van der Waals surface area (Å²) in [6.45, 7) is 8.21. The van der Waals surface area contributed by atoms with Gasteiger partial charge in [0.15, 0.2) is 0 Å². The second-order valence-electron chi connectivity index (χ2n) is 6.85. The molecule has 5 nitrogen and oxygen atoms in total. The molecule has 0 aliphatic carbocycles. The zero-order valence-corrected chi connectivity index (χ0v) is 15.5. The summed E-state index contributed by atoms with van der Waals surface area (Å²) in [5, 5.41) is 5.77. The summed E-state index contributed by atoms with van der Waals surface area (Å²) in [4.78, 5) is 14.4. The number of amides is 2. The molecule has 1 aliphatic heterocycles. The van der Waals surface area contributed by atoms with Crippen molar-refractivity contribution in [3.05, 3.63) is 59.7 Å². The predicted octanol–water partition coefficient (Wildman–Crippen LogP) is 3.97. The van der Waals surface area contributed by atoms with Gasteiger partial charge < -0.3 is 20.3 Å². The molecule has 3 rings (SSSR count). The Morgan fingerprint density at radius 2 is 1.69 bits per heavy atom. The van der Waals surface area contributed by atoms with Crippen LogP contribution in [0.25, 0.3) is 0 Å². The standard InChI is InChI=1S/C21H27N3O2/c1-16(2)18-5-7-19(8-6-18)23-21(25)22-15-17-3-9-20(10-4-17)24-11-13-26-14-12-24/h3-10,16H,11-15H2,1-2H3,(H2,22,23,25). The van der Waals surface area contributed by atoms with Crippen molar-refractivity contribution in [3.63, 3.8) is 0 Å². The van der Waals surface area contributed by atoms with E-state index in [1.807, 2.05) is 24.3 Å². The quantitative estimate of drug-likeness (QED) is 0.855. The number of hydrogen-bond donors (Lipinski definition) is 2. The molecule has 0 radical (unpaired) electrons. The molecule has 26 heavy (non-hydrogen) atoms. The number of rotatable bonds is 5. The summed E-state index contributed by atoms with van der Waals surface area (Å²) in [5.74, 6) is 0.485. The van der Waals surface area contributed by atoms with Crippen LogP contribution in [0.4, 0.5) is 16.2 Å². The highest BCUT2D eigenvalue weighted by atomic mass is 16.5. The number of nitrogens with one attached hydrogen (secondary N) is 2. The van der Waals surface area contributed by atoms with Gasteiger partial charge in [0.2, 0.25) is 0 Å². The van der Waals surface area contributed by atoms with E-state index in [0.717, 1.165) is 37.6 Å². The van der Waals surface area contributed by atoms with E-state index in [-0.39, 0.29) is 6.03 Å². The van der Waals surface area contributed by atoms with Crippen LogP contribution in [0, 0.1) is 0 Å². The lowest BCUT2D eigenvalue weighted by molar-refractivity contribution is 0.122. The van der Waals surface area contributed by atoms with Gasteiger partial charge in [-0.2, -0.15) is 0 Å². The minimum atomic E-state index is -0.195. The van der Waals surface area contributed by atoms with E-state index >= 15 is 0 Å². The molecule has 0 spiro atoms. The van der Waals surface area contributed by atoms with Crippen molar-refractivity contribution in [2.75, 3.05) is 36.5 Å². The molecule has 5 heteroatoms. The molecule has 0 aromatic heterocycles. The first kappa shape index (κ1) is 18.3.